The van der Waals surface area contributed by atoms with Crippen molar-refractivity contribution in [3.8, 4) is 0 Å². The number of halogens is 1. The third-order valence-electron chi connectivity index (χ3n) is 3.25. The van der Waals surface area contributed by atoms with Gasteiger partial charge in [0, 0.05) is 5.02 Å². The van der Waals surface area contributed by atoms with Gasteiger partial charge in [0.25, 0.3) is 0 Å². The molecule has 1 aliphatic rings. The predicted molar refractivity (Wildman–Crippen MR) is 71.5 cm³/mol. The number of hydrogen-bond acceptors (Lipinski definition) is 4. The molecule has 0 bridgehead atoms. The number of imidazole rings is 1. The number of nitrogens with zero attached hydrogens (tertiary/aromatic N) is 2. The Bertz CT molecular complexity index is 723. The summed E-state index contributed by atoms with van der Waals surface area (Å²) in [5.41, 5.74) is 7.42. The summed E-state index contributed by atoms with van der Waals surface area (Å²) in [4.78, 5) is 4.23. The number of benzene rings is 1. The zero-order valence-electron chi connectivity index (χ0n) is 9.51. The zero-order chi connectivity index (χ0) is 12.9. The van der Waals surface area contributed by atoms with Crippen molar-refractivity contribution in [3.05, 3.63) is 23.2 Å². The van der Waals surface area contributed by atoms with Gasteiger partial charge in [-0.15, -0.1) is 0 Å². The fourth-order valence-corrected chi connectivity index (χ4v) is 4.31. The van der Waals surface area contributed by atoms with E-state index in [2.05, 4.69) is 4.98 Å². The van der Waals surface area contributed by atoms with Crippen LogP contribution in [0.3, 0.4) is 0 Å². The minimum absolute atomic E-state index is 0.120. The van der Waals surface area contributed by atoms with Crippen molar-refractivity contribution in [2.45, 2.75) is 12.5 Å². The van der Waals surface area contributed by atoms with Crippen LogP contribution in [0.1, 0.15) is 12.5 Å². The maximum Gasteiger partial charge on any atom is 0.201 e. The summed E-state index contributed by atoms with van der Waals surface area (Å²) in [6, 6.07) is 5.16. The summed E-state index contributed by atoms with van der Waals surface area (Å²) >= 11 is 5.96. The van der Waals surface area contributed by atoms with E-state index < -0.39 is 9.84 Å². The molecule has 1 unspecified atom stereocenters. The van der Waals surface area contributed by atoms with Crippen molar-refractivity contribution in [3.63, 3.8) is 0 Å². The van der Waals surface area contributed by atoms with Crippen LogP contribution >= 0.6 is 11.6 Å². The maximum atomic E-state index is 11.5. The van der Waals surface area contributed by atoms with E-state index in [1.165, 1.54) is 0 Å². The number of sulfone groups is 1. The summed E-state index contributed by atoms with van der Waals surface area (Å²) in [5.74, 6) is 0.668. The van der Waals surface area contributed by atoms with Crippen LogP contribution in [0.2, 0.25) is 5.02 Å². The highest BCUT2D eigenvalue weighted by molar-refractivity contribution is 7.91. The molecule has 18 heavy (non-hydrogen) atoms. The minimum atomic E-state index is -2.95. The average Bonchev–Trinajstić information content (AvgIpc) is 2.77. The molecular formula is C11H12ClN3O2S. The lowest BCUT2D eigenvalue weighted by Crippen LogP contribution is -2.13. The first-order chi connectivity index (χ1) is 8.46. The van der Waals surface area contributed by atoms with E-state index in [1.807, 2.05) is 0 Å². The molecule has 1 aliphatic heterocycles. The molecule has 1 fully saturated rings. The van der Waals surface area contributed by atoms with Gasteiger partial charge in [0.1, 0.15) is 0 Å². The summed E-state index contributed by atoms with van der Waals surface area (Å²) in [5, 5.41) is 0.588. The number of nitrogen functional groups attached to an aromatic ring is 1. The van der Waals surface area contributed by atoms with Gasteiger partial charge < -0.3 is 10.3 Å². The molecule has 3 rings (SSSR count). The second-order valence-corrected chi connectivity index (χ2v) is 7.20. The average molecular weight is 286 g/mol. The van der Waals surface area contributed by atoms with Crippen LogP contribution in [-0.4, -0.2) is 29.5 Å². The van der Waals surface area contributed by atoms with Gasteiger partial charge in [-0.3, -0.25) is 0 Å². The van der Waals surface area contributed by atoms with Crippen LogP contribution in [0.25, 0.3) is 11.0 Å². The predicted octanol–water partition coefficient (Wildman–Crippen LogP) is 1.63. The molecule has 1 atom stereocenters. The molecule has 2 N–H and O–H groups in total. The summed E-state index contributed by atoms with van der Waals surface area (Å²) in [6.07, 6.45) is 0.574. The minimum Gasteiger partial charge on any atom is -0.369 e. The second-order valence-electron chi connectivity index (χ2n) is 4.53. The molecule has 96 valence electrons. The molecule has 2 aromatic rings. The summed E-state index contributed by atoms with van der Waals surface area (Å²) < 4.78 is 24.9. The Morgan fingerprint density at radius 1 is 1.44 bits per heavy atom. The number of hydrogen-bond donors (Lipinski definition) is 1. The van der Waals surface area contributed by atoms with Crippen molar-refractivity contribution >= 4 is 38.4 Å². The number of rotatable bonds is 1. The van der Waals surface area contributed by atoms with Crippen LogP contribution in [-0.2, 0) is 9.84 Å². The molecule has 1 aromatic heterocycles. The Morgan fingerprint density at radius 3 is 2.89 bits per heavy atom. The molecule has 5 nitrogen and oxygen atoms in total. The van der Waals surface area contributed by atoms with Gasteiger partial charge in [-0.25, -0.2) is 13.4 Å². The monoisotopic (exact) mass is 285 g/mol. The molecule has 1 aromatic carbocycles. The van der Waals surface area contributed by atoms with Crippen LogP contribution in [0.15, 0.2) is 18.2 Å². The van der Waals surface area contributed by atoms with E-state index in [4.69, 9.17) is 17.3 Å². The highest BCUT2D eigenvalue weighted by Crippen LogP contribution is 2.31. The molecule has 0 amide bonds. The molecule has 2 heterocycles. The first kappa shape index (κ1) is 11.8. The quantitative estimate of drug-likeness (QED) is 0.864. The van der Waals surface area contributed by atoms with Crippen molar-refractivity contribution in [1.29, 1.82) is 0 Å². The van der Waals surface area contributed by atoms with Crippen LogP contribution in [0.4, 0.5) is 5.95 Å². The van der Waals surface area contributed by atoms with E-state index in [9.17, 15) is 8.42 Å². The normalized spacial score (nSPS) is 22.6. The molecule has 0 aliphatic carbocycles. The fraction of sp³-hybridized carbons (Fsp3) is 0.364. The third kappa shape index (κ3) is 1.85. The Balaban J connectivity index is 2.17. The topological polar surface area (TPSA) is 78.0 Å². The molecule has 0 spiro atoms. The standard InChI is InChI=1S/C11H12ClN3O2S/c12-7-1-2-9-10(5-7)15(11(13)14-9)8-3-4-18(16,17)6-8/h1-2,5,8H,3-4,6H2,(H2,13,14). The van der Waals surface area contributed by atoms with Crippen molar-refractivity contribution < 1.29 is 8.42 Å². The molecule has 1 saturated heterocycles. The van der Waals surface area contributed by atoms with E-state index in [0.29, 0.717) is 17.4 Å². The van der Waals surface area contributed by atoms with Gasteiger partial charge in [0.15, 0.2) is 9.84 Å². The van der Waals surface area contributed by atoms with E-state index in [-0.39, 0.29) is 17.5 Å². The maximum absolute atomic E-state index is 11.5. The Hall–Kier alpha value is -1.27. The largest absolute Gasteiger partial charge is 0.369 e. The SMILES string of the molecule is Nc1nc2ccc(Cl)cc2n1C1CCS(=O)(=O)C1. The first-order valence-corrected chi connectivity index (χ1v) is 7.79. The van der Waals surface area contributed by atoms with Gasteiger partial charge in [0.05, 0.1) is 28.6 Å². The highest BCUT2D eigenvalue weighted by atomic mass is 35.5. The molecule has 0 saturated carbocycles. The fourth-order valence-electron chi connectivity index (χ4n) is 2.45. The Labute approximate surface area is 109 Å². The van der Waals surface area contributed by atoms with E-state index in [0.717, 1.165) is 11.0 Å². The van der Waals surface area contributed by atoms with Gasteiger partial charge >= 0.3 is 0 Å². The third-order valence-corrected chi connectivity index (χ3v) is 5.24. The Morgan fingerprint density at radius 2 is 2.22 bits per heavy atom. The van der Waals surface area contributed by atoms with E-state index >= 15 is 0 Å². The highest BCUT2D eigenvalue weighted by Gasteiger charge is 2.31. The number of anilines is 1. The van der Waals surface area contributed by atoms with Crippen LogP contribution in [0.5, 0.6) is 0 Å². The molecular weight excluding hydrogens is 274 g/mol. The molecule has 0 radical (unpaired) electrons. The zero-order valence-corrected chi connectivity index (χ0v) is 11.1. The second kappa shape index (κ2) is 3.86. The van der Waals surface area contributed by atoms with Crippen LogP contribution in [0, 0.1) is 0 Å². The van der Waals surface area contributed by atoms with Crippen LogP contribution < -0.4 is 5.73 Å². The number of nitrogens with two attached hydrogens (primary N) is 1. The van der Waals surface area contributed by atoms with Crippen molar-refractivity contribution in [2.24, 2.45) is 0 Å². The molecule has 7 heteroatoms. The van der Waals surface area contributed by atoms with Crippen molar-refractivity contribution in [2.75, 3.05) is 17.2 Å². The van der Waals surface area contributed by atoms with Gasteiger partial charge in [-0.2, -0.15) is 0 Å². The van der Waals surface area contributed by atoms with Gasteiger partial charge in [-0.1, -0.05) is 11.6 Å². The smallest absolute Gasteiger partial charge is 0.201 e. The van der Waals surface area contributed by atoms with Gasteiger partial charge in [0.2, 0.25) is 5.95 Å². The number of aromatic nitrogens is 2. The summed E-state index contributed by atoms with van der Waals surface area (Å²) in [6.45, 7) is 0. The summed E-state index contributed by atoms with van der Waals surface area (Å²) in [7, 11) is -2.95. The van der Waals surface area contributed by atoms with Crippen molar-refractivity contribution in [1.82, 2.24) is 9.55 Å². The Kier molecular flexibility index (Phi) is 2.53. The lowest BCUT2D eigenvalue weighted by molar-refractivity contribution is 0.575. The van der Waals surface area contributed by atoms with Gasteiger partial charge in [-0.05, 0) is 24.6 Å². The number of fused-ring (bicyclic) bond motifs is 1. The lowest BCUT2D eigenvalue weighted by atomic mass is 10.2. The van der Waals surface area contributed by atoms with E-state index in [1.54, 1.807) is 22.8 Å². The first-order valence-electron chi connectivity index (χ1n) is 5.60. The lowest BCUT2D eigenvalue weighted by Gasteiger charge is -2.12.